The molecule has 2 N–H and O–H groups in total. The van der Waals surface area contributed by atoms with E-state index >= 15 is 0 Å². The SMILES string of the molecule is CS(=O)(=O)N1CCCc2cc(C(=O)NCCCC(=O)O)ccc21. The van der Waals surface area contributed by atoms with Crippen molar-refractivity contribution >= 4 is 27.6 Å². The lowest BCUT2D eigenvalue weighted by Gasteiger charge is -2.29. The number of aliphatic carboxylic acids is 1. The number of rotatable bonds is 6. The van der Waals surface area contributed by atoms with Gasteiger partial charge in [-0.1, -0.05) is 0 Å². The number of amides is 1. The molecule has 0 radical (unpaired) electrons. The van der Waals surface area contributed by atoms with E-state index in [1.165, 1.54) is 10.6 Å². The van der Waals surface area contributed by atoms with Gasteiger partial charge in [-0.25, -0.2) is 8.42 Å². The summed E-state index contributed by atoms with van der Waals surface area (Å²) in [7, 11) is -3.32. The number of carbonyl (C=O) groups excluding carboxylic acids is 1. The predicted molar refractivity (Wildman–Crippen MR) is 86.2 cm³/mol. The number of carboxylic acid groups (broad SMARTS) is 1. The van der Waals surface area contributed by atoms with E-state index in [1.54, 1.807) is 18.2 Å². The van der Waals surface area contributed by atoms with Gasteiger partial charge in [0.2, 0.25) is 10.0 Å². The Morgan fingerprint density at radius 3 is 2.74 bits per heavy atom. The third kappa shape index (κ3) is 4.44. The van der Waals surface area contributed by atoms with E-state index in [0.717, 1.165) is 12.0 Å². The molecule has 0 atom stereocenters. The van der Waals surface area contributed by atoms with E-state index in [4.69, 9.17) is 5.11 Å². The molecule has 0 bridgehead atoms. The van der Waals surface area contributed by atoms with Crippen LogP contribution in [0, 0.1) is 0 Å². The van der Waals surface area contributed by atoms with Gasteiger partial charge in [-0.05, 0) is 43.0 Å². The molecule has 1 aromatic rings. The molecule has 0 saturated heterocycles. The molecule has 0 unspecified atom stereocenters. The number of hydrogen-bond donors (Lipinski definition) is 2. The number of sulfonamides is 1. The van der Waals surface area contributed by atoms with E-state index in [-0.39, 0.29) is 18.9 Å². The summed E-state index contributed by atoms with van der Waals surface area (Å²) in [5, 5.41) is 11.2. The van der Waals surface area contributed by atoms with Gasteiger partial charge in [-0.2, -0.15) is 0 Å². The van der Waals surface area contributed by atoms with E-state index < -0.39 is 16.0 Å². The Morgan fingerprint density at radius 1 is 1.35 bits per heavy atom. The number of anilines is 1. The number of nitrogens with zero attached hydrogens (tertiary/aromatic N) is 1. The second-order valence-corrected chi connectivity index (χ2v) is 7.44. The maximum absolute atomic E-state index is 12.1. The fraction of sp³-hybridized carbons (Fsp3) is 0.467. The normalized spacial score (nSPS) is 14.2. The number of hydrogen-bond acceptors (Lipinski definition) is 4. The monoisotopic (exact) mass is 340 g/mol. The van der Waals surface area contributed by atoms with Gasteiger partial charge in [0.15, 0.2) is 0 Å². The fourth-order valence-electron chi connectivity index (χ4n) is 2.59. The first-order valence-electron chi connectivity index (χ1n) is 7.39. The van der Waals surface area contributed by atoms with Gasteiger partial charge in [-0.3, -0.25) is 13.9 Å². The van der Waals surface area contributed by atoms with Crippen LogP contribution in [0.25, 0.3) is 0 Å². The topological polar surface area (TPSA) is 104 Å². The molecule has 1 aliphatic heterocycles. The Bertz CT molecular complexity index is 715. The number of fused-ring (bicyclic) bond motifs is 1. The zero-order chi connectivity index (χ0) is 17.0. The van der Waals surface area contributed by atoms with Crippen LogP contribution in [0.2, 0.25) is 0 Å². The quantitative estimate of drug-likeness (QED) is 0.752. The number of aryl methyl sites for hydroxylation is 1. The second-order valence-electron chi connectivity index (χ2n) is 5.54. The molecule has 1 amide bonds. The summed E-state index contributed by atoms with van der Waals surface area (Å²) in [6.07, 6.45) is 2.98. The van der Waals surface area contributed by atoms with E-state index in [9.17, 15) is 18.0 Å². The van der Waals surface area contributed by atoms with Crippen LogP contribution >= 0.6 is 0 Å². The standard InChI is InChI=1S/C15H20N2O5S/c1-23(21,22)17-9-3-4-11-10-12(6-7-13(11)17)15(20)16-8-2-5-14(18)19/h6-7,10H,2-5,8-9H2,1H3,(H,16,20)(H,18,19). The minimum atomic E-state index is -3.32. The summed E-state index contributed by atoms with van der Waals surface area (Å²) in [6.45, 7) is 0.740. The molecule has 126 valence electrons. The largest absolute Gasteiger partial charge is 0.481 e. The molecule has 7 nitrogen and oxygen atoms in total. The average molecular weight is 340 g/mol. The maximum Gasteiger partial charge on any atom is 0.303 e. The molecule has 8 heteroatoms. The summed E-state index contributed by atoms with van der Waals surface area (Å²) in [4.78, 5) is 22.5. The lowest BCUT2D eigenvalue weighted by molar-refractivity contribution is -0.137. The summed E-state index contributed by atoms with van der Waals surface area (Å²) in [5.41, 5.74) is 1.91. The van der Waals surface area contributed by atoms with Gasteiger partial charge in [0.25, 0.3) is 5.91 Å². The molecular weight excluding hydrogens is 320 g/mol. The number of carboxylic acids is 1. The number of nitrogens with one attached hydrogen (secondary N) is 1. The molecule has 1 heterocycles. The first kappa shape index (κ1) is 17.3. The third-order valence-electron chi connectivity index (χ3n) is 3.67. The lowest BCUT2D eigenvalue weighted by Crippen LogP contribution is -2.34. The highest BCUT2D eigenvalue weighted by atomic mass is 32.2. The van der Waals surface area contributed by atoms with Gasteiger partial charge < -0.3 is 10.4 Å². The molecule has 1 aliphatic rings. The molecule has 0 aromatic heterocycles. The van der Waals surface area contributed by atoms with Gasteiger partial charge in [-0.15, -0.1) is 0 Å². The third-order valence-corrected chi connectivity index (χ3v) is 4.85. The minimum Gasteiger partial charge on any atom is -0.481 e. The Hall–Kier alpha value is -2.09. The van der Waals surface area contributed by atoms with Crippen LogP contribution in [0.4, 0.5) is 5.69 Å². The van der Waals surface area contributed by atoms with E-state index in [1.807, 2.05) is 0 Å². The molecule has 23 heavy (non-hydrogen) atoms. The first-order chi connectivity index (χ1) is 10.8. The first-order valence-corrected chi connectivity index (χ1v) is 9.24. The van der Waals surface area contributed by atoms with E-state index in [0.29, 0.717) is 30.6 Å². The maximum atomic E-state index is 12.1. The Kier molecular flexibility index (Phi) is 5.25. The highest BCUT2D eigenvalue weighted by Crippen LogP contribution is 2.29. The van der Waals surface area contributed by atoms with Crippen molar-refractivity contribution in [3.05, 3.63) is 29.3 Å². The van der Waals surface area contributed by atoms with Crippen LogP contribution in [-0.4, -0.2) is 44.7 Å². The molecular formula is C15H20N2O5S. The van der Waals surface area contributed by atoms with Crippen LogP contribution in [-0.2, 0) is 21.2 Å². The van der Waals surface area contributed by atoms with Crippen molar-refractivity contribution in [1.82, 2.24) is 5.32 Å². The van der Waals surface area contributed by atoms with Crippen LogP contribution in [0.1, 0.15) is 35.2 Å². The lowest BCUT2D eigenvalue weighted by atomic mass is 10.0. The van der Waals surface area contributed by atoms with Crippen molar-refractivity contribution in [3.8, 4) is 0 Å². The minimum absolute atomic E-state index is 0.00773. The van der Waals surface area contributed by atoms with E-state index in [2.05, 4.69) is 5.32 Å². The highest BCUT2D eigenvalue weighted by molar-refractivity contribution is 7.92. The van der Waals surface area contributed by atoms with Crippen molar-refractivity contribution in [2.24, 2.45) is 0 Å². The van der Waals surface area contributed by atoms with Crippen LogP contribution in [0.15, 0.2) is 18.2 Å². The number of carbonyl (C=O) groups is 2. The van der Waals surface area contributed by atoms with Crippen molar-refractivity contribution in [3.63, 3.8) is 0 Å². The summed E-state index contributed by atoms with van der Waals surface area (Å²) in [6, 6.07) is 4.95. The zero-order valence-corrected chi connectivity index (χ0v) is 13.7. The molecule has 1 aromatic carbocycles. The van der Waals surface area contributed by atoms with Crippen LogP contribution in [0.5, 0.6) is 0 Å². The Labute approximate surface area is 135 Å². The van der Waals surface area contributed by atoms with Gasteiger partial charge in [0.1, 0.15) is 0 Å². The molecule has 0 aliphatic carbocycles. The van der Waals surface area contributed by atoms with Crippen LogP contribution < -0.4 is 9.62 Å². The van der Waals surface area contributed by atoms with Crippen molar-refractivity contribution in [1.29, 1.82) is 0 Å². The molecule has 0 fully saturated rings. The summed E-state index contributed by atoms with van der Waals surface area (Å²) < 4.78 is 25.0. The second kappa shape index (κ2) is 6.99. The average Bonchev–Trinajstić information content (AvgIpc) is 2.49. The zero-order valence-electron chi connectivity index (χ0n) is 12.9. The smallest absolute Gasteiger partial charge is 0.303 e. The summed E-state index contributed by atoms with van der Waals surface area (Å²) >= 11 is 0. The summed E-state index contributed by atoms with van der Waals surface area (Å²) in [5.74, 6) is -1.18. The van der Waals surface area contributed by atoms with Crippen LogP contribution in [0.3, 0.4) is 0 Å². The highest BCUT2D eigenvalue weighted by Gasteiger charge is 2.24. The van der Waals surface area contributed by atoms with Gasteiger partial charge in [0.05, 0.1) is 11.9 Å². The van der Waals surface area contributed by atoms with Crippen molar-refractivity contribution in [2.75, 3.05) is 23.7 Å². The van der Waals surface area contributed by atoms with Gasteiger partial charge >= 0.3 is 5.97 Å². The van der Waals surface area contributed by atoms with Gasteiger partial charge in [0, 0.05) is 25.1 Å². The molecule has 0 saturated carbocycles. The Morgan fingerprint density at radius 2 is 2.09 bits per heavy atom. The Balaban J connectivity index is 2.09. The molecule has 0 spiro atoms. The fourth-order valence-corrected chi connectivity index (χ4v) is 3.59. The van der Waals surface area contributed by atoms with Crippen molar-refractivity contribution < 1.29 is 23.1 Å². The van der Waals surface area contributed by atoms with Crippen molar-refractivity contribution in [2.45, 2.75) is 25.7 Å². The number of benzene rings is 1. The predicted octanol–water partition coefficient (Wildman–Crippen LogP) is 0.993. The molecule has 2 rings (SSSR count).